The van der Waals surface area contributed by atoms with E-state index in [0.717, 1.165) is 5.69 Å². The number of nitrogens with zero attached hydrogens (tertiary/aromatic N) is 2. The van der Waals surface area contributed by atoms with Crippen molar-refractivity contribution in [2.45, 2.75) is 19.9 Å². The van der Waals surface area contributed by atoms with Crippen molar-refractivity contribution in [3.8, 4) is 0 Å². The molecule has 1 aromatic heterocycles. The maximum Gasteiger partial charge on any atom is 0.223 e. The molecule has 0 spiro atoms. The second kappa shape index (κ2) is 6.39. The van der Waals surface area contributed by atoms with Gasteiger partial charge >= 0.3 is 0 Å². The third kappa shape index (κ3) is 4.21. The lowest BCUT2D eigenvalue weighted by Gasteiger charge is -2.16. The molecule has 2 heterocycles. The molecule has 1 fully saturated rings. The Morgan fingerprint density at radius 2 is 2.37 bits per heavy atom. The highest BCUT2D eigenvalue weighted by Gasteiger charge is 2.29. The molecule has 1 atom stereocenters. The van der Waals surface area contributed by atoms with Crippen LogP contribution < -0.4 is 0 Å². The highest BCUT2D eigenvalue weighted by Crippen LogP contribution is 2.23. The molecule has 102 valence electrons. The Bertz CT molecular complexity index is 495. The minimum absolute atomic E-state index is 0.0995. The number of pyridine rings is 1. The largest absolute Gasteiger partial charge is 0.336 e. The minimum atomic E-state index is 0.0995. The topological polar surface area (TPSA) is 50.3 Å². The fourth-order valence-corrected chi connectivity index (χ4v) is 2.96. The normalized spacial score (nSPS) is 18.9. The quantitative estimate of drug-likeness (QED) is 0.801. The zero-order valence-electron chi connectivity index (χ0n) is 10.6. The maximum atomic E-state index is 11.9. The standard InChI is InChI=1S/C13H15ClN2O2S/c1-9(17)19-8-10-5-13(18)16(6-10)7-11-3-2-4-12(14)15-11/h2-4,10H,5-8H2,1H3. The average Bonchev–Trinajstić information content (AvgIpc) is 2.68. The van der Waals surface area contributed by atoms with Gasteiger partial charge in [-0.2, -0.15) is 0 Å². The summed E-state index contributed by atoms with van der Waals surface area (Å²) in [6.45, 7) is 2.73. The van der Waals surface area contributed by atoms with E-state index in [9.17, 15) is 9.59 Å². The predicted octanol–water partition coefficient (Wildman–Crippen LogP) is 2.36. The number of thioether (sulfide) groups is 1. The van der Waals surface area contributed by atoms with Gasteiger partial charge in [0.2, 0.25) is 5.91 Å². The van der Waals surface area contributed by atoms with Crippen LogP contribution in [-0.2, 0) is 16.1 Å². The minimum Gasteiger partial charge on any atom is -0.336 e. The van der Waals surface area contributed by atoms with E-state index >= 15 is 0 Å². The van der Waals surface area contributed by atoms with Crippen LogP contribution in [0, 0.1) is 5.92 Å². The van der Waals surface area contributed by atoms with Gasteiger partial charge in [-0.25, -0.2) is 4.98 Å². The Morgan fingerprint density at radius 1 is 1.58 bits per heavy atom. The summed E-state index contributed by atoms with van der Waals surface area (Å²) in [5, 5.41) is 0.537. The van der Waals surface area contributed by atoms with Gasteiger partial charge in [-0.1, -0.05) is 29.4 Å². The number of hydrogen-bond donors (Lipinski definition) is 0. The Morgan fingerprint density at radius 3 is 3.05 bits per heavy atom. The second-order valence-corrected chi connectivity index (χ2v) is 6.18. The fourth-order valence-electron chi connectivity index (χ4n) is 2.09. The molecule has 19 heavy (non-hydrogen) atoms. The first-order valence-electron chi connectivity index (χ1n) is 6.07. The molecule has 1 aliphatic rings. The molecular formula is C13H15ClN2O2S. The number of carbonyl (C=O) groups excluding carboxylic acids is 2. The third-order valence-electron chi connectivity index (χ3n) is 2.94. The van der Waals surface area contributed by atoms with Gasteiger partial charge in [0.05, 0.1) is 12.2 Å². The van der Waals surface area contributed by atoms with Crippen molar-refractivity contribution in [1.82, 2.24) is 9.88 Å². The van der Waals surface area contributed by atoms with Gasteiger partial charge in [0.1, 0.15) is 5.15 Å². The van der Waals surface area contributed by atoms with Gasteiger partial charge in [-0.15, -0.1) is 0 Å². The van der Waals surface area contributed by atoms with E-state index in [2.05, 4.69) is 4.98 Å². The molecule has 2 rings (SSSR count). The Kier molecular flexibility index (Phi) is 4.82. The van der Waals surface area contributed by atoms with E-state index < -0.39 is 0 Å². The molecule has 6 heteroatoms. The molecule has 0 aliphatic carbocycles. The van der Waals surface area contributed by atoms with Gasteiger partial charge in [0.15, 0.2) is 5.12 Å². The molecule has 1 aromatic rings. The first-order valence-corrected chi connectivity index (χ1v) is 7.43. The Hall–Kier alpha value is -1.07. The summed E-state index contributed by atoms with van der Waals surface area (Å²) in [7, 11) is 0. The number of hydrogen-bond acceptors (Lipinski definition) is 4. The van der Waals surface area contributed by atoms with Crippen LogP contribution in [0.1, 0.15) is 19.0 Å². The molecule has 4 nitrogen and oxygen atoms in total. The summed E-state index contributed by atoms with van der Waals surface area (Å²) < 4.78 is 0. The summed E-state index contributed by atoms with van der Waals surface area (Å²) in [6, 6.07) is 5.40. The zero-order valence-corrected chi connectivity index (χ0v) is 12.2. The first-order chi connectivity index (χ1) is 9.04. The molecule has 0 saturated carbocycles. The highest BCUT2D eigenvalue weighted by atomic mass is 35.5. The van der Waals surface area contributed by atoms with Crippen LogP contribution in [0.4, 0.5) is 0 Å². The van der Waals surface area contributed by atoms with Crippen molar-refractivity contribution in [2.75, 3.05) is 12.3 Å². The molecule has 0 N–H and O–H groups in total. The monoisotopic (exact) mass is 298 g/mol. The predicted molar refractivity (Wildman–Crippen MR) is 75.9 cm³/mol. The number of likely N-dealkylation sites (tertiary alicyclic amines) is 1. The van der Waals surface area contributed by atoms with Crippen LogP contribution in [0.2, 0.25) is 5.15 Å². The summed E-state index contributed by atoms with van der Waals surface area (Å²) in [5.41, 5.74) is 0.792. The van der Waals surface area contributed by atoms with Gasteiger partial charge in [-0.05, 0) is 18.1 Å². The lowest BCUT2D eigenvalue weighted by molar-refractivity contribution is -0.128. The molecule has 1 saturated heterocycles. The van der Waals surface area contributed by atoms with E-state index in [4.69, 9.17) is 11.6 Å². The number of aromatic nitrogens is 1. The maximum absolute atomic E-state index is 11.9. The van der Waals surface area contributed by atoms with E-state index in [-0.39, 0.29) is 16.9 Å². The van der Waals surface area contributed by atoms with Crippen LogP contribution in [0.15, 0.2) is 18.2 Å². The SMILES string of the molecule is CC(=O)SCC1CC(=O)N(Cc2cccc(Cl)n2)C1. The molecule has 1 unspecified atom stereocenters. The van der Waals surface area contributed by atoms with Gasteiger partial charge in [0.25, 0.3) is 0 Å². The number of rotatable bonds is 4. The Balaban J connectivity index is 1.91. The smallest absolute Gasteiger partial charge is 0.223 e. The molecule has 0 bridgehead atoms. The summed E-state index contributed by atoms with van der Waals surface area (Å²) >= 11 is 7.11. The van der Waals surface area contributed by atoms with Crippen molar-refractivity contribution in [3.63, 3.8) is 0 Å². The van der Waals surface area contributed by atoms with Crippen LogP contribution in [0.5, 0.6) is 0 Å². The molecule has 1 amide bonds. The van der Waals surface area contributed by atoms with Crippen LogP contribution in [-0.4, -0.2) is 33.2 Å². The molecule has 1 aliphatic heterocycles. The number of amides is 1. The summed E-state index contributed by atoms with van der Waals surface area (Å²) in [4.78, 5) is 28.8. The van der Waals surface area contributed by atoms with Crippen LogP contribution in [0.25, 0.3) is 0 Å². The first kappa shape index (κ1) is 14.3. The summed E-state index contributed by atoms with van der Waals surface area (Å²) in [6.07, 6.45) is 0.515. The van der Waals surface area contributed by atoms with Crippen molar-refractivity contribution in [1.29, 1.82) is 0 Å². The number of halogens is 1. The molecule has 0 radical (unpaired) electrons. The molecular weight excluding hydrogens is 284 g/mol. The van der Waals surface area contributed by atoms with Gasteiger partial charge in [-0.3, -0.25) is 9.59 Å². The van der Waals surface area contributed by atoms with E-state index in [0.29, 0.717) is 30.4 Å². The third-order valence-corrected chi connectivity index (χ3v) is 4.20. The average molecular weight is 299 g/mol. The number of carbonyl (C=O) groups is 2. The van der Waals surface area contributed by atoms with Gasteiger partial charge < -0.3 is 4.90 Å². The van der Waals surface area contributed by atoms with Crippen molar-refractivity contribution >= 4 is 34.4 Å². The lowest BCUT2D eigenvalue weighted by atomic mass is 10.1. The summed E-state index contributed by atoms with van der Waals surface area (Å²) in [5.74, 6) is 1.08. The van der Waals surface area contributed by atoms with E-state index in [1.807, 2.05) is 12.1 Å². The van der Waals surface area contributed by atoms with Gasteiger partial charge in [0, 0.05) is 25.6 Å². The van der Waals surface area contributed by atoms with E-state index in [1.165, 1.54) is 11.8 Å². The highest BCUT2D eigenvalue weighted by molar-refractivity contribution is 8.13. The molecule has 0 aromatic carbocycles. The van der Waals surface area contributed by atoms with Crippen molar-refractivity contribution < 1.29 is 9.59 Å². The van der Waals surface area contributed by atoms with Crippen LogP contribution in [0.3, 0.4) is 0 Å². The Labute approximate surface area is 121 Å². The fraction of sp³-hybridized carbons (Fsp3) is 0.462. The van der Waals surface area contributed by atoms with Crippen molar-refractivity contribution in [3.05, 3.63) is 29.0 Å². The zero-order chi connectivity index (χ0) is 13.8. The lowest BCUT2D eigenvalue weighted by Crippen LogP contribution is -2.25. The van der Waals surface area contributed by atoms with E-state index in [1.54, 1.807) is 17.9 Å². The second-order valence-electron chi connectivity index (χ2n) is 4.60. The van der Waals surface area contributed by atoms with Crippen LogP contribution >= 0.6 is 23.4 Å². The van der Waals surface area contributed by atoms with Crippen molar-refractivity contribution in [2.24, 2.45) is 5.92 Å².